The molecule has 0 radical (unpaired) electrons. The molecule has 4 nitrogen and oxygen atoms in total. The lowest BCUT2D eigenvalue weighted by Crippen LogP contribution is -2.25. The van der Waals surface area contributed by atoms with Crippen LogP contribution in [0.3, 0.4) is 0 Å². The Labute approximate surface area is 151 Å². The van der Waals surface area contributed by atoms with Gasteiger partial charge < -0.3 is 9.88 Å². The fraction of sp³-hybridized carbons (Fsp3) is 0.100. The minimum atomic E-state index is -0.682. The van der Waals surface area contributed by atoms with Gasteiger partial charge in [-0.05, 0) is 42.3 Å². The highest BCUT2D eigenvalue weighted by atomic mass is 35.5. The maximum Gasteiger partial charge on any atom is 0.298 e. The summed E-state index contributed by atoms with van der Waals surface area (Å²) in [6.07, 6.45) is 1.79. The molecule has 0 fully saturated rings. The van der Waals surface area contributed by atoms with Gasteiger partial charge in [-0.3, -0.25) is 9.59 Å². The van der Waals surface area contributed by atoms with Crippen molar-refractivity contribution in [2.45, 2.75) is 13.5 Å². The predicted molar refractivity (Wildman–Crippen MR) is 99.1 cm³/mol. The number of Topliss-reactive ketones (excluding diaryl/α,β-unsaturated/α-hetero) is 1. The van der Waals surface area contributed by atoms with Crippen LogP contribution in [0.2, 0.25) is 5.02 Å². The molecule has 2 aromatic carbocycles. The smallest absolute Gasteiger partial charge is 0.298 e. The molecular formula is C20H17ClN2O2. The number of hydrogen-bond acceptors (Lipinski definition) is 2. The number of nitrogens with one attached hydrogen (secondary N) is 1. The Kier molecular flexibility index (Phi) is 5.00. The van der Waals surface area contributed by atoms with Crippen molar-refractivity contribution in [2.75, 3.05) is 5.32 Å². The first-order valence-electron chi connectivity index (χ1n) is 7.86. The molecule has 1 aromatic heterocycles. The number of hydrogen-bond donors (Lipinski definition) is 1. The first kappa shape index (κ1) is 17.0. The second-order valence-corrected chi connectivity index (χ2v) is 6.11. The summed E-state index contributed by atoms with van der Waals surface area (Å²) in [7, 11) is 0. The summed E-state index contributed by atoms with van der Waals surface area (Å²) in [6.45, 7) is 2.32. The van der Waals surface area contributed by atoms with Crippen molar-refractivity contribution in [2.24, 2.45) is 0 Å². The van der Waals surface area contributed by atoms with Gasteiger partial charge in [0.2, 0.25) is 0 Å². The monoisotopic (exact) mass is 352 g/mol. The fourth-order valence-electron chi connectivity index (χ4n) is 2.58. The average Bonchev–Trinajstić information content (AvgIpc) is 3.07. The third kappa shape index (κ3) is 3.80. The van der Waals surface area contributed by atoms with Gasteiger partial charge in [0.15, 0.2) is 0 Å². The molecule has 3 rings (SSSR count). The maximum atomic E-state index is 12.6. The second kappa shape index (κ2) is 7.36. The van der Waals surface area contributed by atoms with Gasteiger partial charge in [-0.1, -0.05) is 48.0 Å². The van der Waals surface area contributed by atoms with Crippen molar-refractivity contribution in [1.29, 1.82) is 0 Å². The van der Waals surface area contributed by atoms with Crippen molar-refractivity contribution in [3.63, 3.8) is 0 Å². The highest BCUT2D eigenvalue weighted by Crippen LogP contribution is 2.23. The number of carbonyl (C=O) groups is 2. The van der Waals surface area contributed by atoms with Gasteiger partial charge in [0.25, 0.3) is 11.7 Å². The predicted octanol–water partition coefficient (Wildman–Crippen LogP) is 4.32. The largest absolute Gasteiger partial charge is 0.340 e. The van der Waals surface area contributed by atoms with E-state index in [9.17, 15) is 9.59 Å². The highest BCUT2D eigenvalue weighted by molar-refractivity contribution is 6.46. The summed E-state index contributed by atoms with van der Waals surface area (Å²) in [4.78, 5) is 24.9. The summed E-state index contributed by atoms with van der Waals surface area (Å²) >= 11 is 6.05. The number of aromatic nitrogens is 1. The topological polar surface area (TPSA) is 51.1 Å². The normalized spacial score (nSPS) is 10.5. The van der Waals surface area contributed by atoms with E-state index < -0.39 is 11.7 Å². The van der Waals surface area contributed by atoms with E-state index in [2.05, 4.69) is 5.32 Å². The Morgan fingerprint density at radius 1 is 1.00 bits per heavy atom. The van der Waals surface area contributed by atoms with Gasteiger partial charge in [-0.2, -0.15) is 0 Å². The Hall–Kier alpha value is -2.85. The quantitative estimate of drug-likeness (QED) is 0.549. The summed E-state index contributed by atoms with van der Waals surface area (Å²) in [5.74, 6) is -1.27. The van der Waals surface area contributed by atoms with Gasteiger partial charge in [-0.25, -0.2) is 0 Å². The van der Waals surface area contributed by atoms with Crippen LogP contribution in [0, 0.1) is 6.92 Å². The molecule has 0 aliphatic rings. The molecule has 5 heteroatoms. The number of anilines is 1. The third-order valence-electron chi connectivity index (χ3n) is 3.98. The van der Waals surface area contributed by atoms with E-state index in [-0.39, 0.29) is 0 Å². The van der Waals surface area contributed by atoms with Crippen molar-refractivity contribution in [3.8, 4) is 0 Å². The van der Waals surface area contributed by atoms with Crippen molar-refractivity contribution < 1.29 is 9.59 Å². The summed E-state index contributed by atoms with van der Waals surface area (Å²) in [6, 6.07) is 18.4. The van der Waals surface area contributed by atoms with Gasteiger partial charge in [0, 0.05) is 23.5 Å². The molecule has 0 spiro atoms. The summed E-state index contributed by atoms with van der Waals surface area (Å²) < 4.78 is 1.77. The van der Waals surface area contributed by atoms with E-state index in [1.807, 2.05) is 30.3 Å². The SMILES string of the molecule is Cc1c(Cl)cccc1NC(=O)C(=O)c1cccn1Cc1ccccc1. The molecule has 3 aromatic rings. The van der Waals surface area contributed by atoms with E-state index in [1.54, 1.807) is 48.0 Å². The van der Waals surface area contributed by atoms with E-state index >= 15 is 0 Å². The number of carbonyl (C=O) groups excluding carboxylic acids is 2. The van der Waals surface area contributed by atoms with Crippen molar-refractivity contribution >= 4 is 29.0 Å². The van der Waals surface area contributed by atoms with Crippen LogP contribution in [0.5, 0.6) is 0 Å². The van der Waals surface area contributed by atoms with Gasteiger partial charge in [0.1, 0.15) is 0 Å². The first-order valence-corrected chi connectivity index (χ1v) is 8.24. The average molecular weight is 353 g/mol. The molecule has 0 saturated carbocycles. The lowest BCUT2D eigenvalue weighted by atomic mass is 10.2. The van der Waals surface area contributed by atoms with Crippen LogP contribution in [0.15, 0.2) is 66.9 Å². The molecule has 0 unspecified atom stereocenters. The van der Waals surface area contributed by atoms with Crippen LogP contribution in [0.1, 0.15) is 21.6 Å². The lowest BCUT2D eigenvalue weighted by molar-refractivity contribution is -0.112. The lowest BCUT2D eigenvalue weighted by Gasteiger charge is -2.11. The number of ketones is 1. The number of benzene rings is 2. The maximum absolute atomic E-state index is 12.6. The Morgan fingerprint density at radius 2 is 1.76 bits per heavy atom. The number of halogens is 1. The van der Waals surface area contributed by atoms with Crippen molar-refractivity contribution in [3.05, 3.63) is 88.7 Å². The van der Waals surface area contributed by atoms with Crippen LogP contribution < -0.4 is 5.32 Å². The molecule has 25 heavy (non-hydrogen) atoms. The summed E-state index contributed by atoms with van der Waals surface area (Å²) in [5.41, 5.74) is 2.66. The standard InChI is InChI=1S/C20H17ClN2O2/c1-14-16(21)9-5-10-17(14)22-20(25)19(24)18-11-6-12-23(18)13-15-7-3-2-4-8-15/h2-12H,13H2,1H3,(H,22,25). The van der Waals surface area contributed by atoms with E-state index in [1.165, 1.54) is 0 Å². The molecule has 0 saturated heterocycles. The van der Waals surface area contributed by atoms with Crippen LogP contribution in [0.4, 0.5) is 5.69 Å². The van der Waals surface area contributed by atoms with Gasteiger partial charge >= 0.3 is 0 Å². The first-order chi connectivity index (χ1) is 12.1. The Bertz CT molecular complexity index is 916. The van der Waals surface area contributed by atoms with E-state index in [4.69, 9.17) is 11.6 Å². The number of rotatable bonds is 5. The van der Waals surface area contributed by atoms with Crippen LogP contribution in [0.25, 0.3) is 0 Å². The zero-order valence-electron chi connectivity index (χ0n) is 13.7. The Morgan fingerprint density at radius 3 is 2.52 bits per heavy atom. The van der Waals surface area contributed by atoms with Crippen LogP contribution in [-0.4, -0.2) is 16.3 Å². The van der Waals surface area contributed by atoms with Crippen LogP contribution >= 0.6 is 11.6 Å². The van der Waals surface area contributed by atoms with Crippen molar-refractivity contribution in [1.82, 2.24) is 4.57 Å². The molecule has 1 heterocycles. The minimum Gasteiger partial charge on any atom is -0.340 e. The number of nitrogens with zero attached hydrogens (tertiary/aromatic N) is 1. The van der Waals surface area contributed by atoms with Gasteiger partial charge in [0.05, 0.1) is 5.69 Å². The molecule has 1 N–H and O–H groups in total. The molecule has 0 bridgehead atoms. The molecule has 126 valence electrons. The second-order valence-electron chi connectivity index (χ2n) is 5.70. The van der Waals surface area contributed by atoms with Crippen LogP contribution in [-0.2, 0) is 11.3 Å². The number of amides is 1. The van der Waals surface area contributed by atoms with Gasteiger partial charge in [-0.15, -0.1) is 0 Å². The molecule has 0 aliphatic heterocycles. The van der Waals surface area contributed by atoms with E-state index in [0.29, 0.717) is 22.9 Å². The zero-order chi connectivity index (χ0) is 17.8. The van der Waals surface area contributed by atoms with E-state index in [0.717, 1.165) is 11.1 Å². The molecular weight excluding hydrogens is 336 g/mol. The highest BCUT2D eigenvalue weighted by Gasteiger charge is 2.20. The molecule has 0 atom stereocenters. The molecule has 0 aliphatic carbocycles. The summed E-state index contributed by atoms with van der Waals surface area (Å²) in [5, 5.41) is 3.18. The minimum absolute atomic E-state index is 0.348. The fourth-order valence-corrected chi connectivity index (χ4v) is 2.75. The third-order valence-corrected chi connectivity index (χ3v) is 4.39. The molecule has 1 amide bonds. The Balaban J connectivity index is 1.78. The zero-order valence-corrected chi connectivity index (χ0v) is 14.5.